The van der Waals surface area contributed by atoms with Crippen molar-refractivity contribution in [1.29, 1.82) is 0 Å². The van der Waals surface area contributed by atoms with Gasteiger partial charge in [0.15, 0.2) is 0 Å². The first-order valence-corrected chi connectivity index (χ1v) is 7.38. The number of amides is 1. The smallest absolute Gasteiger partial charge is 0.407 e. The first-order chi connectivity index (χ1) is 7.89. The molecule has 17 heavy (non-hydrogen) atoms. The minimum Gasteiger partial charge on any atom is -0.465 e. The Bertz CT molecular complexity index is 537. The lowest BCUT2D eigenvalue weighted by molar-refractivity contribution is 0.141. The largest absolute Gasteiger partial charge is 0.465 e. The van der Waals surface area contributed by atoms with E-state index in [0.29, 0.717) is 6.54 Å². The number of carbonyl (C=O) groups is 1. The lowest BCUT2D eigenvalue weighted by Gasteiger charge is -2.19. The topological polar surface area (TPSA) is 101 Å². The van der Waals surface area contributed by atoms with E-state index in [2.05, 4.69) is 0 Å². The molecule has 1 saturated heterocycles. The Hall–Kier alpha value is -1.12. The van der Waals surface area contributed by atoms with Crippen molar-refractivity contribution in [3.63, 3.8) is 0 Å². The van der Waals surface area contributed by atoms with Crippen molar-refractivity contribution in [2.75, 3.05) is 6.54 Å². The van der Waals surface area contributed by atoms with Gasteiger partial charge in [0.1, 0.15) is 4.21 Å². The van der Waals surface area contributed by atoms with Gasteiger partial charge >= 0.3 is 6.09 Å². The number of primary sulfonamides is 1. The molecule has 94 valence electrons. The fourth-order valence-corrected chi connectivity index (χ4v) is 3.85. The molecule has 1 unspecified atom stereocenters. The van der Waals surface area contributed by atoms with Gasteiger partial charge in [-0.05, 0) is 25.0 Å². The van der Waals surface area contributed by atoms with Crippen LogP contribution in [0.1, 0.15) is 23.8 Å². The summed E-state index contributed by atoms with van der Waals surface area (Å²) in [7, 11) is -3.70. The van der Waals surface area contributed by atoms with E-state index < -0.39 is 16.1 Å². The van der Waals surface area contributed by atoms with Crippen molar-refractivity contribution >= 4 is 27.5 Å². The number of nitrogens with two attached hydrogens (primary N) is 1. The van der Waals surface area contributed by atoms with Crippen molar-refractivity contribution in [3.05, 3.63) is 17.0 Å². The maximum Gasteiger partial charge on any atom is 0.407 e. The van der Waals surface area contributed by atoms with Crippen molar-refractivity contribution in [1.82, 2.24) is 4.90 Å². The number of rotatable bonds is 2. The van der Waals surface area contributed by atoms with Gasteiger partial charge in [-0.25, -0.2) is 18.4 Å². The third-order valence-corrected chi connectivity index (χ3v) is 5.33. The third-order valence-electron chi connectivity index (χ3n) is 2.71. The van der Waals surface area contributed by atoms with Gasteiger partial charge < -0.3 is 10.0 Å². The maximum atomic E-state index is 11.1. The first kappa shape index (κ1) is 12.3. The lowest BCUT2D eigenvalue weighted by Crippen LogP contribution is -2.28. The van der Waals surface area contributed by atoms with Gasteiger partial charge in [0.05, 0.1) is 6.04 Å². The Morgan fingerprint density at radius 3 is 2.76 bits per heavy atom. The highest BCUT2D eigenvalue weighted by Gasteiger charge is 2.31. The molecule has 1 amide bonds. The quantitative estimate of drug-likeness (QED) is 0.847. The molecule has 0 aromatic carbocycles. The molecule has 6 nitrogen and oxygen atoms in total. The second-order valence-corrected chi connectivity index (χ2v) is 6.74. The van der Waals surface area contributed by atoms with Crippen LogP contribution < -0.4 is 5.14 Å². The summed E-state index contributed by atoms with van der Waals surface area (Å²) in [6.07, 6.45) is 0.536. The van der Waals surface area contributed by atoms with E-state index in [0.717, 1.165) is 29.1 Å². The molecule has 8 heteroatoms. The Kier molecular flexibility index (Phi) is 3.11. The van der Waals surface area contributed by atoms with E-state index in [-0.39, 0.29) is 10.3 Å². The molecule has 1 aromatic heterocycles. The average molecular weight is 276 g/mol. The molecule has 1 aliphatic rings. The van der Waals surface area contributed by atoms with E-state index in [1.54, 1.807) is 6.07 Å². The Labute approximate surface area is 103 Å². The summed E-state index contributed by atoms with van der Waals surface area (Å²) in [6, 6.07) is 2.82. The molecule has 2 heterocycles. The molecule has 0 bridgehead atoms. The second kappa shape index (κ2) is 4.28. The van der Waals surface area contributed by atoms with Crippen LogP contribution in [0.2, 0.25) is 0 Å². The van der Waals surface area contributed by atoms with Gasteiger partial charge in [0.25, 0.3) is 0 Å². The number of nitrogens with zero attached hydrogens (tertiary/aromatic N) is 1. The van der Waals surface area contributed by atoms with Crippen LogP contribution >= 0.6 is 11.3 Å². The molecule has 2 rings (SSSR count). The number of sulfonamides is 1. The Morgan fingerprint density at radius 1 is 1.53 bits per heavy atom. The lowest BCUT2D eigenvalue weighted by atomic mass is 10.2. The number of hydrogen-bond acceptors (Lipinski definition) is 4. The van der Waals surface area contributed by atoms with E-state index in [1.165, 1.54) is 11.0 Å². The molecular formula is C9H12N2O4S2. The fraction of sp³-hybridized carbons (Fsp3) is 0.444. The van der Waals surface area contributed by atoms with Gasteiger partial charge in [-0.3, -0.25) is 0 Å². The third kappa shape index (κ3) is 2.43. The Balaban J connectivity index is 2.29. The summed E-state index contributed by atoms with van der Waals surface area (Å²) in [5, 5.41) is 14.0. The highest BCUT2D eigenvalue weighted by Crippen LogP contribution is 2.36. The van der Waals surface area contributed by atoms with Crippen LogP contribution in [0.3, 0.4) is 0 Å². The molecule has 0 radical (unpaired) electrons. The summed E-state index contributed by atoms with van der Waals surface area (Å²) in [6.45, 7) is 0.489. The van der Waals surface area contributed by atoms with Gasteiger partial charge in [-0.2, -0.15) is 0 Å². The molecule has 0 saturated carbocycles. The fourth-order valence-electron chi connectivity index (χ4n) is 1.96. The Morgan fingerprint density at radius 2 is 2.24 bits per heavy atom. The summed E-state index contributed by atoms with van der Waals surface area (Å²) >= 11 is 1.04. The number of hydrogen-bond donors (Lipinski definition) is 2. The summed E-state index contributed by atoms with van der Waals surface area (Å²) < 4.78 is 22.3. The van der Waals surface area contributed by atoms with Gasteiger partial charge in [-0.15, -0.1) is 11.3 Å². The van der Waals surface area contributed by atoms with E-state index in [4.69, 9.17) is 10.2 Å². The zero-order chi connectivity index (χ0) is 12.6. The monoisotopic (exact) mass is 276 g/mol. The zero-order valence-corrected chi connectivity index (χ0v) is 10.5. The van der Waals surface area contributed by atoms with Crippen LogP contribution in [0.25, 0.3) is 0 Å². The SMILES string of the molecule is NS(=O)(=O)c1ccc(C2CCCN2C(=O)O)s1. The summed E-state index contributed by atoms with van der Waals surface area (Å²) in [5.41, 5.74) is 0. The van der Waals surface area contributed by atoms with Crippen LogP contribution in [0.5, 0.6) is 0 Å². The molecule has 0 spiro atoms. The van der Waals surface area contributed by atoms with Gasteiger partial charge in [-0.1, -0.05) is 0 Å². The molecule has 1 aromatic rings. The average Bonchev–Trinajstić information content (AvgIpc) is 2.85. The second-order valence-electron chi connectivity index (χ2n) is 3.84. The molecule has 0 aliphatic carbocycles. The highest BCUT2D eigenvalue weighted by atomic mass is 32.2. The number of thiophene rings is 1. The molecule has 1 fully saturated rings. The molecule has 3 N–H and O–H groups in total. The van der Waals surface area contributed by atoms with Gasteiger partial charge in [0, 0.05) is 11.4 Å². The molecular weight excluding hydrogens is 264 g/mol. The summed E-state index contributed by atoms with van der Waals surface area (Å²) in [4.78, 5) is 13.0. The van der Waals surface area contributed by atoms with Crippen LogP contribution in [0.4, 0.5) is 4.79 Å². The van der Waals surface area contributed by atoms with E-state index in [1.807, 2.05) is 0 Å². The summed E-state index contributed by atoms with van der Waals surface area (Å²) in [5.74, 6) is 0. The van der Waals surface area contributed by atoms with E-state index in [9.17, 15) is 13.2 Å². The standard InChI is InChI=1S/C9H12N2O4S2/c10-17(14,15)8-4-3-7(16-8)6-2-1-5-11(6)9(12)13/h3-4,6H,1-2,5H2,(H,12,13)(H2,10,14,15). The zero-order valence-electron chi connectivity index (χ0n) is 8.87. The van der Waals surface area contributed by atoms with Crippen molar-refractivity contribution in [2.24, 2.45) is 5.14 Å². The maximum absolute atomic E-state index is 11.1. The minimum absolute atomic E-state index is 0.0738. The highest BCUT2D eigenvalue weighted by molar-refractivity contribution is 7.91. The normalized spacial score (nSPS) is 20.8. The predicted octanol–water partition coefficient (Wildman–Crippen LogP) is 1.21. The number of likely N-dealkylation sites (tertiary alicyclic amines) is 1. The van der Waals surface area contributed by atoms with Crippen molar-refractivity contribution in [2.45, 2.75) is 23.1 Å². The van der Waals surface area contributed by atoms with Crippen LogP contribution in [-0.4, -0.2) is 31.1 Å². The number of carboxylic acid groups (broad SMARTS) is 1. The van der Waals surface area contributed by atoms with Crippen LogP contribution in [-0.2, 0) is 10.0 Å². The van der Waals surface area contributed by atoms with Gasteiger partial charge in [0.2, 0.25) is 10.0 Å². The van der Waals surface area contributed by atoms with E-state index >= 15 is 0 Å². The molecule has 1 aliphatic heterocycles. The minimum atomic E-state index is -3.70. The molecule has 1 atom stereocenters. The van der Waals surface area contributed by atoms with Crippen LogP contribution in [0.15, 0.2) is 16.3 Å². The first-order valence-electron chi connectivity index (χ1n) is 5.01. The predicted molar refractivity (Wildman–Crippen MR) is 62.4 cm³/mol. The van der Waals surface area contributed by atoms with Crippen molar-refractivity contribution in [3.8, 4) is 0 Å². The van der Waals surface area contributed by atoms with Crippen molar-refractivity contribution < 1.29 is 18.3 Å². The van der Waals surface area contributed by atoms with Crippen LogP contribution in [0, 0.1) is 0 Å².